The van der Waals surface area contributed by atoms with Crippen molar-refractivity contribution in [2.75, 3.05) is 54.4 Å². The van der Waals surface area contributed by atoms with E-state index in [1.807, 2.05) is 64.4 Å². The summed E-state index contributed by atoms with van der Waals surface area (Å²) >= 11 is 0. The fraction of sp³-hybridized carbons (Fsp3) is 0.286. The number of carbonyl (C=O) groups is 2. The molecule has 9 nitrogen and oxygen atoms in total. The minimum absolute atomic E-state index is 0.0465. The Kier molecular flexibility index (Phi) is 7.02. The van der Waals surface area contributed by atoms with Gasteiger partial charge >= 0.3 is 0 Å². The fourth-order valence-electron chi connectivity index (χ4n) is 4.93. The van der Waals surface area contributed by atoms with Crippen LogP contribution < -0.4 is 15.1 Å². The van der Waals surface area contributed by atoms with Crippen LogP contribution >= 0.6 is 0 Å². The summed E-state index contributed by atoms with van der Waals surface area (Å²) in [5.41, 5.74) is 3.09. The summed E-state index contributed by atoms with van der Waals surface area (Å²) in [6.45, 7) is 4.29. The second kappa shape index (κ2) is 10.7. The molecule has 2 saturated heterocycles. The highest BCUT2D eigenvalue weighted by Gasteiger charge is 2.25. The molecule has 0 atom stereocenters. The first-order chi connectivity index (χ1) is 18.0. The Morgan fingerprint density at radius 2 is 1.43 bits per heavy atom. The van der Waals surface area contributed by atoms with Crippen LogP contribution in [0.2, 0.25) is 0 Å². The number of amides is 2. The third-order valence-electron chi connectivity index (χ3n) is 6.96. The minimum Gasteiger partial charge on any atom is -0.368 e. The van der Waals surface area contributed by atoms with Crippen molar-refractivity contribution in [2.45, 2.75) is 12.8 Å². The maximum Gasteiger partial charge on any atom is 0.293 e. The van der Waals surface area contributed by atoms with E-state index in [2.05, 4.69) is 10.2 Å². The smallest absolute Gasteiger partial charge is 0.293 e. The van der Waals surface area contributed by atoms with Crippen molar-refractivity contribution in [3.8, 4) is 0 Å². The molecule has 2 aliphatic rings. The average Bonchev–Trinajstić information content (AvgIpc) is 3.48. The Morgan fingerprint density at radius 1 is 0.757 bits per heavy atom. The van der Waals surface area contributed by atoms with Gasteiger partial charge in [-0.3, -0.25) is 19.7 Å². The summed E-state index contributed by atoms with van der Waals surface area (Å²) in [6, 6.07) is 21.5. The second-order valence-electron chi connectivity index (χ2n) is 9.30. The highest BCUT2D eigenvalue weighted by atomic mass is 16.6. The van der Waals surface area contributed by atoms with Crippen molar-refractivity contribution < 1.29 is 14.5 Å². The Hall–Kier alpha value is -4.40. The molecule has 2 amide bonds. The first kappa shape index (κ1) is 24.3. The number of hydrogen-bond donors (Lipinski definition) is 1. The second-order valence-corrected chi connectivity index (χ2v) is 9.30. The van der Waals surface area contributed by atoms with Crippen LogP contribution in [0.25, 0.3) is 0 Å². The van der Waals surface area contributed by atoms with E-state index in [1.54, 1.807) is 12.1 Å². The van der Waals surface area contributed by atoms with Crippen LogP contribution in [-0.2, 0) is 0 Å². The molecule has 0 unspecified atom stereocenters. The number of nitrogens with one attached hydrogen (secondary N) is 1. The monoisotopic (exact) mass is 499 g/mol. The molecule has 5 rings (SSSR count). The number of nitrogens with zero attached hydrogens (tertiary/aromatic N) is 4. The van der Waals surface area contributed by atoms with Crippen molar-refractivity contribution in [3.05, 3.63) is 94.0 Å². The molecular formula is C28H29N5O4. The van der Waals surface area contributed by atoms with Gasteiger partial charge in [-0.15, -0.1) is 0 Å². The van der Waals surface area contributed by atoms with Gasteiger partial charge in [0.25, 0.3) is 17.5 Å². The summed E-state index contributed by atoms with van der Waals surface area (Å²) < 4.78 is 0. The zero-order valence-corrected chi connectivity index (χ0v) is 20.5. The number of benzene rings is 3. The summed E-state index contributed by atoms with van der Waals surface area (Å²) in [7, 11) is 0. The van der Waals surface area contributed by atoms with E-state index in [-0.39, 0.29) is 17.2 Å². The molecule has 9 heteroatoms. The van der Waals surface area contributed by atoms with Gasteiger partial charge in [0, 0.05) is 67.8 Å². The minimum atomic E-state index is -0.424. The van der Waals surface area contributed by atoms with Crippen LogP contribution in [0.15, 0.2) is 72.8 Å². The number of nitro benzene ring substituents is 1. The fourth-order valence-corrected chi connectivity index (χ4v) is 4.93. The Balaban J connectivity index is 1.19. The molecule has 1 N–H and O–H groups in total. The lowest BCUT2D eigenvalue weighted by Gasteiger charge is -2.36. The molecule has 0 aromatic heterocycles. The SMILES string of the molecule is O=C(Nc1ccc(N2CCN(C(=O)c3ccccc3)CC2)cc1)c1ccc(N2CCCC2)c([N+](=O)[O-])c1. The van der Waals surface area contributed by atoms with Crippen LogP contribution in [0, 0.1) is 10.1 Å². The number of carbonyl (C=O) groups excluding carboxylic acids is 2. The van der Waals surface area contributed by atoms with E-state index in [4.69, 9.17) is 0 Å². The molecule has 37 heavy (non-hydrogen) atoms. The molecule has 0 spiro atoms. The van der Waals surface area contributed by atoms with Gasteiger partial charge in [0.2, 0.25) is 0 Å². The number of rotatable bonds is 6. The molecule has 2 fully saturated rings. The van der Waals surface area contributed by atoms with Gasteiger partial charge in [-0.05, 0) is 61.4 Å². The quantitative estimate of drug-likeness (QED) is 0.399. The van der Waals surface area contributed by atoms with Crippen LogP contribution in [0.3, 0.4) is 0 Å². The van der Waals surface area contributed by atoms with Crippen LogP contribution in [0.1, 0.15) is 33.6 Å². The lowest BCUT2D eigenvalue weighted by atomic mass is 10.1. The Morgan fingerprint density at radius 3 is 2.08 bits per heavy atom. The van der Waals surface area contributed by atoms with Crippen molar-refractivity contribution in [1.82, 2.24) is 4.90 Å². The van der Waals surface area contributed by atoms with E-state index >= 15 is 0 Å². The third-order valence-corrected chi connectivity index (χ3v) is 6.96. The van der Waals surface area contributed by atoms with E-state index in [1.165, 1.54) is 6.07 Å². The van der Waals surface area contributed by atoms with Gasteiger partial charge in [-0.1, -0.05) is 18.2 Å². The molecule has 0 aliphatic carbocycles. The highest BCUT2D eigenvalue weighted by Crippen LogP contribution is 2.32. The maximum absolute atomic E-state index is 12.8. The van der Waals surface area contributed by atoms with Gasteiger partial charge < -0.3 is 20.0 Å². The lowest BCUT2D eigenvalue weighted by Crippen LogP contribution is -2.48. The average molecular weight is 500 g/mol. The first-order valence-electron chi connectivity index (χ1n) is 12.5. The van der Waals surface area contributed by atoms with Crippen LogP contribution in [-0.4, -0.2) is 60.9 Å². The molecule has 3 aromatic rings. The normalized spacial score (nSPS) is 15.5. The standard InChI is InChI=1S/C28H29N5O4/c34-27(22-8-13-25(26(20-22)33(36)37)31-14-4-5-15-31)29-23-9-11-24(12-10-23)30-16-18-32(19-17-30)28(35)21-6-2-1-3-7-21/h1-3,6-13,20H,4-5,14-19H2,(H,29,34). The molecule has 3 aromatic carbocycles. The molecule has 190 valence electrons. The third kappa shape index (κ3) is 5.40. The number of nitro groups is 1. The molecule has 0 radical (unpaired) electrons. The van der Waals surface area contributed by atoms with Crippen molar-refractivity contribution >= 4 is 34.6 Å². The maximum atomic E-state index is 12.8. The lowest BCUT2D eigenvalue weighted by molar-refractivity contribution is -0.384. The first-order valence-corrected chi connectivity index (χ1v) is 12.5. The number of piperazine rings is 1. The van der Waals surface area contributed by atoms with E-state index in [0.717, 1.165) is 44.7 Å². The van der Waals surface area contributed by atoms with Crippen LogP contribution in [0.4, 0.5) is 22.7 Å². The van der Waals surface area contributed by atoms with Gasteiger partial charge in [0.05, 0.1) is 4.92 Å². The largest absolute Gasteiger partial charge is 0.368 e. The van der Waals surface area contributed by atoms with Crippen LogP contribution in [0.5, 0.6) is 0 Å². The summed E-state index contributed by atoms with van der Waals surface area (Å²) in [4.78, 5) is 42.8. The number of anilines is 3. The predicted octanol–water partition coefficient (Wildman–Crippen LogP) is 4.41. The molecular weight excluding hydrogens is 470 g/mol. The zero-order chi connectivity index (χ0) is 25.8. The van der Waals surface area contributed by atoms with E-state index < -0.39 is 10.8 Å². The van der Waals surface area contributed by atoms with Gasteiger partial charge in [0.15, 0.2) is 0 Å². The highest BCUT2D eigenvalue weighted by molar-refractivity contribution is 6.05. The Bertz CT molecular complexity index is 1280. The van der Waals surface area contributed by atoms with Gasteiger partial charge in [-0.25, -0.2) is 0 Å². The summed E-state index contributed by atoms with van der Waals surface area (Å²) in [5.74, 6) is -0.344. The topological polar surface area (TPSA) is 99.0 Å². The molecule has 2 heterocycles. The predicted molar refractivity (Wildman–Crippen MR) is 143 cm³/mol. The van der Waals surface area contributed by atoms with Gasteiger partial charge in [0.1, 0.15) is 5.69 Å². The van der Waals surface area contributed by atoms with E-state index in [0.29, 0.717) is 30.0 Å². The number of hydrogen-bond acceptors (Lipinski definition) is 6. The zero-order valence-electron chi connectivity index (χ0n) is 20.5. The van der Waals surface area contributed by atoms with Gasteiger partial charge in [-0.2, -0.15) is 0 Å². The Labute approximate surface area is 215 Å². The molecule has 0 bridgehead atoms. The summed E-state index contributed by atoms with van der Waals surface area (Å²) in [5, 5.41) is 14.5. The molecule has 2 aliphatic heterocycles. The van der Waals surface area contributed by atoms with Crippen molar-refractivity contribution in [2.24, 2.45) is 0 Å². The summed E-state index contributed by atoms with van der Waals surface area (Å²) in [6.07, 6.45) is 2.02. The van der Waals surface area contributed by atoms with Crippen molar-refractivity contribution in [3.63, 3.8) is 0 Å². The molecule has 0 saturated carbocycles. The van der Waals surface area contributed by atoms with Crippen molar-refractivity contribution in [1.29, 1.82) is 0 Å². The van der Waals surface area contributed by atoms with E-state index in [9.17, 15) is 19.7 Å².